The Morgan fingerprint density at radius 3 is 1.93 bits per heavy atom. The molecular formula is C22H19FN2O2. The van der Waals surface area contributed by atoms with E-state index in [0.717, 1.165) is 5.56 Å². The summed E-state index contributed by atoms with van der Waals surface area (Å²) in [5, 5.41) is 0. The summed E-state index contributed by atoms with van der Waals surface area (Å²) in [5.41, 5.74) is 12.8. The lowest BCUT2D eigenvalue weighted by Crippen LogP contribution is -2.18. The van der Waals surface area contributed by atoms with Crippen LogP contribution < -0.4 is 11.5 Å². The smallest absolute Gasteiger partial charge is 0.249 e. The molecule has 0 unspecified atom stereocenters. The van der Waals surface area contributed by atoms with E-state index in [1.54, 1.807) is 12.1 Å². The average Bonchev–Trinajstić information content (AvgIpc) is 2.67. The van der Waals surface area contributed by atoms with Crippen molar-refractivity contribution in [3.05, 3.63) is 94.8 Å². The van der Waals surface area contributed by atoms with E-state index in [1.807, 2.05) is 30.3 Å². The van der Waals surface area contributed by atoms with Gasteiger partial charge >= 0.3 is 0 Å². The van der Waals surface area contributed by atoms with Gasteiger partial charge in [0.05, 0.1) is 0 Å². The number of hydrogen-bond acceptors (Lipinski definition) is 2. The lowest BCUT2D eigenvalue weighted by atomic mass is 9.91. The number of benzene rings is 3. The van der Waals surface area contributed by atoms with E-state index in [-0.39, 0.29) is 22.3 Å². The molecule has 4 N–H and O–H groups in total. The maximum atomic E-state index is 15.2. The number of hydrogen-bond donors (Lipinski definition) is 2. The highest BCUT2D eigenvalue weighted by Crippen LogP contribution is 2.31. The van der Waals surface area contributed by atoms with Crippen LogP contribution in [-0.4, -0.2) is 11.8 Å². The highest BCUT2D eigenvalue weighted by atomic mass is 19.1. The summed E-state index contributed by atoms with van der Waals surface area (Å²) in [6.07, 6.45) is 1.15. The lowest BCUT2D eigenvalue weighted by Gasteiger charge is -2.14. The molecule has 5 heteroatoms. The summed E-state index contributed by atoms with van der Waals surface area (Å²) in [4.78, 5) is 23.6. The van der Waals surface area contributed by atoms with Crippen LogP contribution in [0.3, 0.4) is 0 Å². The molecule has 27 heavy (non-hydrogen) atoms. The topological polar surface area (TPSA) is 86.2 Å². The van der Waals surface area contributed by atoms with Crippen LogP contribution in [-0.2, 0) is 12.8 Å². The Balaban J connectivity index is 2.06. The Morgan fingerprint density at radius 1 is 0.741 bits per heavy atom. The largest absolute Gasteiger partial charge is 0.366 e. The molecule has 2 amide bonds. The molecule has 0 aliphatic carbocycles. The Labute approximate surface area is 156 Å². The molecule has 0 heterocycles. The minimum absolute atomic E-state index is 0.0606. The predicted octanol–water partition coefficient (Wildman–Crippen LogP) is 3.48. The fraction of sp³-hybridized carbons (Fsp3) is 0.0909. The van der Waals surface area contributed by atoms with E-state index in [1.165, 1.54) is 24.3 Å². The van der Waals surface area contributed by atoms with Crippen LogP contribution in [0.4, 0.5) is 4.39 Å². The first-order chi connectivity index (χ1) is 13.0. The molecule has 0 fully saturated rings. The van der Waals surface area contributed by atoms with E-state index in [2.05, 4.69) is 0 Å². The van der Waals surface area contributed by atoms with Gasteiger partial charge in [0.2, 0.25) is 11.8 Å². The number of nitrogens with two attached hydrogens (primary N) is 2. The minimum atomic E-state index is -0.748. The summed E-state index contributed by atoms with van der Waals surface area (Å²) >= 11 is 0. The van der Waals surface area contributed by atoms with Crippen LogP contribution in [0, 0.1) is 5.82 Å². The standard InChI is InChI=1S/C22H19FN2O2/c23-20-15(13-12-14-6-2-1-3-7-14)8-4-9-16(20)19-17(21(24)26)10-5-11-18(19)22(25)27/h1-11H,12-13H2,(H2,24,26)(H2,25,27). The molecule has 4 nitrogen and oxygen atoms in total. The first kappa shape index (κ1) is 18.3. The van der Waals surface area contributed by atoms with Gasteiger partial charge in [-0.05, 0) is 36.1 Å². The SMILES string of the molecule is NC(=O)c1cccc(C(N)=O)c1-c1cccc(CCc2ccccc2)c1F. The molecule has 3 aromatic rings. The Bertz CT molecular complexity index is 968. The monoisotopic (exact) mass is 362 g/mol. The average molecular weight is 362 g/mol. The van der Waals surface area contributed by atoms with E-state index >= 15 is 4.39 Å². The van der Waals surface area contributed by atoms with Crippen molar-refractivity contribution in [3.8, 4) is 11.1 Å². The van der Waals surface area contributed by atoms with Crippen LogP contribution in [0.1, 0.15) is 31.8 Å². The Hall–Kier alpha value is -3.47. The van der Waals surface area contributed by atoms with Crippen molar-refractivity contribution < 1.29 is 14.0 Å². The normalized spacial score (nSPS) is 10.6. The quantitative estimate of drug-likeness (QED) is 0.703. The van der Waals surface area contributed by atoms with Crippen LogP contribution in [0.15, 0.2) is 66.7 Å². The number of carbonyl (C=O) groups excluding carboxylic acids is 2. The Kier molecular flexibility index (Phi) is 5.31. The molecule has 136 valence electrons. The summed E-state index contributed by atoms with van der Waals surface area (Å²) in [7, 11) is 0. The zero-order valence-corrected chi connectivity index (χ0v) is 14.6. The van der Waals surface area contributed by atoms with Crippen LogP contribution in [0.2, 0.25) is 0 Å². The number of carbonyl (C=O) groups is 2. The maximum absolute atomic E-state index is 15.2. The lowest BCUT2D eigenvalue weighted by molar-refractivity contribution is 0.0999. The minimum Gasteiger partial charge on any atom is -0.366 e. The van der Waals surface area contributed by atoms with Gasteiger partial charge in [-0.25, -0.2) is 4.39 Å². The molecule has 0 atom stereocenters. The second-order valence-electron chi connectivity index (χ2n) is 6.22. The summed E-state index contributed by atoms with van der Waals surface area (Å²) < 4.78 is 15.2. The van der Waals surface area contributed by atoms with Gasteiger partial charge in [-0.15, -0.1) is 0 Å². The first-order valence-corrected chi connectivity index (χ1v) is 8.53. The van der Waals surface area contributed by atoms with Crippen molar-refractivity contribution >= 4 is 11.8 Å². The molecule has 3 aromatic carbocycles. The van der Waals surface area contributed by atoms with Crippen molar-refractivity contribution in [1.82, 2.24) is 0 Å². The number of halogens is 1. The van der Waals surface area contributed by atoms with Gasteiger partial charge in [-0.1, -0.05) is 54.6 Å². The molecule has 0 saturated heterocycles. The highest BCUT2D eigenvalue weighted by molar-refractivity contribution is 6.08. The second-order valence-corrected chi connectivity index (χ2v) is 6.22. The van der Waals surface area contributed by atoms with E-state index < -0.39 is 17.6 Å². The fourth-order valence-corrected chi connectivity index (χ4v) is 3.14. The molecule has 0 bridgehead atoms. The summed E-state index contributed by atoms with van der Waals surface area (Å²) in [5.74, 6) is -1.98. The fourth-order valence-electron chi connectivity index (χ4n) is 3.14. The van der Waals surface area contributed by atoms with Gasteiger partial charge in [-0.3, -0.25) is 9.59 Å². The number of amides is 2. The van der Waals surface area contributed by atoms with Crippen molar-refractivity contribution in [2.45, 2.75) is 12.8 Å². The van der Waals surface area contributed by atoms with Gasteiger partial charge in [0, 0.05) is 22.3 Å². The molecule has 0 aromatic heterocycles. The molecule has 0 aliphatic rings. The van der Waals surface area contributed by atoms with Crippen molar-refractivity contribution in [3.63, 3.8) is 0 Å². The zero-order valence-electron chi connectivity index (χ0n) is 14.6. The third-order valence-electron chi connectivity index (χ3n) is 4.47. The van der Waals surface area contributed by atoms with Gasteiger partial charge in [0.15, 0.2) is 0 Å². The number of aryl methyl sites for hydroxylation is 2. The molecule has 0 aliphatic heterocycles. The predicted molar refractivity (Wildman–Crippen MR) is 103 cm³/mol. The molecular weight excluding hydrogens is 343 g/mol. The van der Waals surface area contributed by atoms with Gasteiger partial charge < -0.3 is 11.5 Å². The van der Waals surface area contributed by atoms with E-state index in [4.69, 9.17) is 11.5 Å². The third-order valence-corrected chi connectivity index (χ3v) is 4.47. The van der Waals surface area contributed by atoms with E-state index in [0.29, 0.717) is 18.4 Å². The highest BCUT2D eigenvalue weighted by Gasteiger charge is 2.21. The van der Waals surface area contributed by atoms with Crippen molar-refractivity contribution in [2.24, 2.45) is 11.5 Å². The number of primary amides is 2. The first-order valence-electron chi connectivity index (χ1n) is 8.53. The van der Waals surface area contributed by atoms with E-state index in [9.17, 15) is 9.59 Å². The second kappa shape index (κ2) is 7.83. The van der Waals surface area contributed by atoms with Crippen LogP contribution in [0.5, 0.6) is 0 Å². The maximum Gasteiger partial charge on any atom is 0.249 e. The van der Waals surface area contributed by atoms with Crippen LogP contribution in [0.25, 0.3) is 11.1 Å². The summed E-state index contributed by atoms with van der Waals surface area (Å²) in [6, 6.07) is 19.1. The van der Waals surface area contributed by atoms with Crippen molar-refractivity contribution in [2.75, 3.05) is 0 Å². The molecule has 0 spiro atoms. The zero-order chi connectivity index (χ0) is 19.4. The molecule has 0 radical (unpaired) electrons. The van der Waals surface area contributed by atoms with Gasteiger partial charge in [-0.2, -0.15) is 0 Å². The Morgan fingerprint density at radius 2 is 1.33 bits per heavy atom. The van der Waals surface area contributed by atoms with Gasteiger partial charge in [0.1, 0.15) is 5.82 Å². The summed E-state index contributed by atoms with van der Waals surface area (Å²) in [6.45, 7) is 0. The third kappa shape index (κ3) is 3.87. The molecule has 3 rings (SSSR count). The molecule has 0 saturated carbocycles. The van der Waals surface area contributed by atoms with Gasteiger partial charge in [0.25, 0.3) is 0 Å². The van der Waals surface area contributed by atoms with Crippen molar-refractivity contribution in [1.29, 1.82) is 0 Å². The number of rotatable bonds is 6. The van der Waals surface area contributed by atoms with Crippen LogP contribution >= 0.6 is 0 Å².